The van der Waals surface area contributed by atoms with Crippen molar-refractivity contribution in [1.29, 1.82) is 0 Å². The summed E-state index contributed by atoms with van der Waals surface area (Å²) in [7, 11) is 0. The Morgan fingerprint density at radius 1 is 1.58 bits per heavy atom. The SMILES string of the molecule is Nc1c(Cl)cnc(I)c1C(F)F. The highest BCUT2D eigenvalue weighted by molar-refractivity contribution is 14.1. The lowest BCUT2D eigenvalue weighted by Gasteiger charge is -2.06. The molecule has 66 valence electrons. The largest absolute Gasteiger partial charge is 0.397 e. The average Bonchev–Trinajstić information content (AvgIpc) is 1.97. The number of nitrogen functional groups attached to an aromatic ring is 1. The van der Waals surface area contributed by atoms with Gasteiger partial charge in [-0.15, -0.1) is 0 Å². The Bertz CT molecular complexity index is 306. The minimum atomic E-state index is -2.64. The summed E-state index contributed by atoms with van der Waals surface area (Å²) in [6.45, 7) is 0. The molecule has 1 rings (SSSR count). The maximum Gasteiger partial charge on any atom is 0.268 e. The van der Waals surface area contributed by atoms with Gasteiger partial charge in [-0.05, 0) is 22.6 Å². The fraction of sp³-hybridized carbons (Fsp3) is 0.167. The van der Waals surface area contributed by atoms with Crippen LogP contribution in [0.1, 0.15) is 12.0 Å². The summed E-state index contributed by atoms with van der Waals surface area (Å²) in [4.78, 5) is 3.66. The van der Waals surface area contributed by atoms with Crippen molar-refractivity contribution in [2.45, 2.75) is 6.43 Å². The molecule has 12 heavy (non-hydrogen) atoms. The Morgan fingerprint density at radius 3 is 2.58 bits per heavy atom. The quantitative estimate of drug-likeness (QED) is 0.640. The molecule has 0 amide bonds. The summed E-state index contributed by atoms with van der Waals surface area (Å²) in [5.74, 6) is 0. The van der Waals surface area contributed by atoms with Gasteiger partial charge in [0.2, 0.25) is 0 Å². The monoisotopic (exact) mass is 304 g/mol. The molecule has 0 aliphatic heterocycles. The molecule has 2 N–H and O–H groups in total. The number of alkyl halides is 2. The maximum atomic E-state index is 12.3. The maximum absolute atomic E-state index is 12.3. The summed E-state index contributed by atoms with van der Waals surface area (Å²) >= 11 is 7.19. The number of hydrogen-bond donors (Lipinski definition) is 1. The number of aromatic nitrogens is 1. The van der Waals surface area contributed by atoms with Crippen molar-refractivity contribution >= 4 is 39.9 Å². The topological polar surface area (TPSA) is 38.9 Å². The fourth-order valence-corrected chi connectivity index (χ4v) is 1.52. The van der Waals surface area contributed by atoms with E-state index in [1.807, 2.05) is 0 Å². The van der Waals surface area contributed by atoms with Crippen molar-refractivity contribution in [2.75, 3.05) is 5.73 Å². The molecule has 1 heterocycles. The van der Waals surface area contributed by atoms with Crippen LogP contribution in [0.2, 0.25) is 5.02 Å². The molecule has 6 heteroatoms. The van der Waals surface area contributed by atoms with Crippen molar-refractivity contribution < 1.29 is 8.78 Å². The highest BCUT2D eigenvalue weighted by Gasteiger charge is 2.18. The van der Waals surface area contributed by atoms with Crippen LogP contribution in [-0.4, -0.2) is 4.98 Å². The lowest BCUT2D eigenvalue weighted by atomic mass is 10.2. The second kappa shape index (κ2) is 3.69. The van der Waals surface area contributed by atoms with Gasteiger partial charge < -0.3 is 5.73 Å². The van der Waals surface area contributed by atoms with Crippen LogP contribution in [0.25, 0.3) is 0 Å². The first-order valence-corrected chi connectivity index (χ1v) is 4.37. The molecule has 1 aromatic heterocycles. The molecule has 0 aliphatic rings. The lowest BCUT2D eigenvalue weighted by molar-refractivity contribution is 0.151. The molecule has 2 nitrogen and oxygen atoms in total. The van der Waals surface area contributed by atoms with Gasteiger partial charge in [-0.2, -0.15) is 0 Å². The number of pyridine rings is 1. The molecule has 0 bridgehead atoms. The molecule has 0 aliphatic carbocycles. The zero-order valence-corrected chi connectivity index (χ0v) is 8.60. The normalized spacial score (nSPS) is 10.8. The van der Waals surface area contributed by atoms with Gasteiger partial charge in [-0.3, -0.25) is 0 Å². The van der Waals surface area contributed by atoms with E-state index in [1.165, 1.54) is 6.20 Å². The molecular formula is C6H4ClF2IN2. The fourth-order valence-electron chi connectivity index (χ4n) is 0.700. The van der Waals surface area contributed by atoms with E-state index in [9.17, 15) is 8.78 Å². The highest BCUT2D eigenvalue weighted by atomic mass is 127. The van der Waals surface area contributed by atoms with Gasteiger partial charge in [0.15, 0.2) is 0 Å². The van der Waals surface area contributed by atoms with E-state index < -0.39 is 6.43 Å². The summed E-state index contributed by atoms with van der Waals surface area (Å²) in [6.07, 6.45) is -1.38. The molecular weight excluding hydrogens is 300 g/mol. The van der Waals surface area contributed by atoms with E-state index in [0.29, 0.717) is 0 Å². The molecule has 0 saturated carbocycles. The average molecular weight is 304 g/mol. The summed E-state index contributed by atoms with van der Waals surface area (Å²) in [6, 6.07) is 0. The van der Waals surface area contributed by atoms with E-state index in [1.54, 1.807) is 22.6 Å². The van der Waals surface area contributed by atoms with E-state index >= 15 is 0 Å². The highest BCUT2D eigenvalue weighted by Crippen LogP contribution is 2.32. The number of halogens is 4. The number of nitrogens with two attached hydrogens (primary N) is 1. The smallest absolute Gasteiger partial charge is 0.268 e. The van der Waals surface area contributed by atoms with E-state index in [0.717, 1.165) is 0 Å². The third kappa shape index (κ3) is 1.77. The van der Waals surface area contributed by atoms with Crippen LogP contribution < -0.4 is 5.73 Å². The predicted octanol–water partition coefficient (Wildman–Crippen LogP) is 2.86. The van der Waals surface area contributed by atoms with E-state index in [-0.39, 0.29) is 20.0 Å². The predicted molar refractivity (Wildman–Crippen MR) is 51.3 cm³/mol. The van der Waals surface area contributed by atoms with Crippen LogP contribution in [0.3, 0.4) is 0 Å². The van der Waals surface area contributed by atoms with Crippen molar-refractivity contribution in [1.82, 2.24) is 4.98 Å². The van der Waals surface area contributed by atoms with Crippen LogP contribution in [0.15, 0.2) is 6.20 Å². The Kier molecular flexibility index (Phi) is 3.05. The third-order valence-corrected chi connectivity index (χ3v) is 2.44. The number of anilines is 1. The number of rotatable bonds is 1. The van der Waals surface area contributed by atoms with E-state index in [4.69, 9.17) is 17.3 Å². The van der Waals surface area contributed by atoms with Gasteiger partial charge in [0, 0.05) is 6.20 Å². The van der Waals surface area contributed by atoms with Crippen LogP contribution in [0.4, 0.5) is 14.5 Å². The van der Waals surface area contributed by atoms with Crippen LogP contribution in [-0.2, 0) is 0 Å². The standard InChI is InChI=1S/C6H4ClF2IN2/c7-2-1-12-6(10)3(4(2)11)5(8)9/h1,5H,(H2,11,12). The summed E-state index contributed by atoms with van der Waals surface area (Å²) in [5.41, 5.74) is 4.95. The molecule has 0 spiro atoms. The van der Waals surface area contributed by atoms with E-state index in [2.05, 4.69) is 4.98 Å². The zero-order valence-electron chi connectivity index (χ0n) is 5.69. The molecule has 0 saturated heterocycles. The van der Waals surface area contributed by atoms with Crippen molar-refractivity contribution in [2.24, 2.45) is 0 Å². The first kappa shape index (κ1) is 9.91. The molecule has 0 atom stereocenters. The molecule has 0 unspecified atom stereocenters. The van der Waals surface area contributed by atoms with Gasteiger partial charge in [0.05, 0.1) is 16.3 Å². The molecule has 1 aromatic rings. The Labute approximate surface area is 86.3 Å². The molecule has 0 fully saturated rings. The van der Waals surface area contributed by atoms with Gasteiger partial charge in [-0.25, -0.2) is 13.8 Å². The van der Waals surface area contributed by atoms with Crippen LogP contribution in [0.5, 0.6) is 0 Å². The van der Waals surface area contributed by atoms with Gasteiger partial charge in [0.25, 0.3) is 6.43 Å². The first-order valence-electron chi connectivity index (χ1n) is 2.91. The number of hydrogen-bond acceptors (Lipinski definition) is 2. The van der Waals surface area contributed by atoms with Gasteiger partial charge >= 0.3 is 0 Å². The Morgan fingerprint density at radius 2 is 2.17 bits per heavy atom. The minimum absolute atomic E-state index is 0.0608. The van der Waals surface area contributed by atoms with Gasteiger partial charge in [-0.1, -0.05) is 11.6 Å². The summed E-state index contributed by atoms with van der Waals surface area (Å²) < 4.78 is 24.8. The molecule has 0 radical (unpaired) electrons. The second-order valence-corrected chi connectivity index (χ2v) is 3.45. The number of nitrogens with zero attached hydrogens (tertiary/aromatic N) is 1. The van der Waals surface area contributed by atoms with Crippen molar-refractivity contribution in [3.05, 3.63) is 20.5 Å². The van der Waals surface area contributed by atoms with Crippen molar-refractivity contribution in [3.8, 4) is 0 Å². The molecule has 0 aromatic carbocycles. The minimum Gasteiger partial charge on any atom is -0.397 e. The summed E-state index contributed by atoms with van der Waals surface area (Å²) in [5, 5.41) is 0.0608. The lowest BCUT2D eigenvalue weighted by Crippen LogP contribution is -2.00. The van der Waals surface area contributed by atoms with Crippen molar-refractivity contribution in [3.63, 3.8) is 0 Å². The first-order chi connectivity index (χ1) is 5.54. The van der Waals surface area contributed by atoms with Crippen LogP contribution >= 0.6 is 34.2 Å². The Hall–Kier alpha value is -0.170. The zero-order chi connectivity index (χ0) is 9.30. The second-order valence-electron chi connectivity index (χ2n) is 2.02. The van der Waals surface area contributed by atoms with Gasteiger partial charge in [0.1, 0.15) is 3.70 Å². The third-order valence-electron chi connectivity index (χ3n) is 1.28. The Balaban J connectivity index is 3.33. The van der Waals surface area contributed by atoms with Crippen LogP contribution in [0, 0.1) is 3.70 Å².